The van der Waals surface area contributed by atoms with Gasteiger partial charge < -0.3 is 14.2 Å². The van der Waals surface area contributed by atoms with Gasteiger partial charge in [-0.3, -0.25) is 0 Å². The van der Waals surface area contributed by atoms with E-state index in [0.717, 1.165) is 28.6 Å². The van der Waals surface area contributed by atoms with Crippen molar-refractivity contribution < 1.29 is 22.6 Å². The molecule has 0 aliphatic carbocycles. The van der Waals surface area contributed by atoms with E-state index >= 15 is 0 Å². The van der Waals surface area contributed by atoms with Gasteiger partial charge in [0.05, 0.1) is 24.7 Å². The summed E-state index contributed by atoms with van der Waals surface area (Å²) < 4.78 is 39.3. The molecule has 0 radical (unpaired) electrons. The van der Waals surface area contributed by atoms with E-state index in [2.05, 4.69) is 0 Å². The zero-order valence-electron chi connectivity index (χ0n) is 13.5. The first-order valence-electron chi connectivity index (χ1n) is 7.80. The van der Waals surface area contributed by atoms with Gasteiger partial charge in [0.2, 0.25) is 10.0 Å². The minimum absolute atomic E-state index is 0.0708. The first kappa shape index (κ1) is 17.9. The van der Waals surface area contributed by atoms with E-state index in [1.54, 1.807) is 23.9 Å². The second kappa shape index (κ2) is 7.99. The van der Waals surface area contributed by atoms with E-state index < -0.39 is 10.0 Å². The second-order valence-electron chi connectivity index (χ2n) is 5.37. The van der Waals surface area contributed by atoms with Crippen molar-refractivity contribution in [2.45, 2.75) is 16.2 Å². The maximum Gasteiger partial charge on any atom is 0.238 e. The fourth-order valence-corrected chi connectivity index (χ4v) is 3.55. The summed E-state index contributed by atoms with van der Waals surface area (Å²) in [6.45, 7) is 1.84. The number of benzene rings is 2. The van der Waals surface area contributed by atoms with Crippen LogP contribution in [-0.2, 0) is 10.0 Å². The van der Waals surface area contributed by atoms with Gasteiger partial charge in [0, 0.05) is 17.1 Å². The van der Waals surface area contributed by atoms with Crippen LogP contribution < -0.4 is 19.3 Å². The lowest BCUT2D eigenvalue weighted by atomic mass is 10.3. The van der Waals surface area contributed by atoms with Crippen molar-refractivity contribution in [1.82, 2.24) is 0 Å². The molecule has 0 fully saturated rings. The molecule has 0 aromatic heterocycles. The highest BCUT2D eigenvalue weighted by molar-refractivity contribution is 7.99. The summed E-state index contributed by atoms with van der Waals surface area (Å²) >= 11 is 1.65. The number of sulfonamides is 1. The lowest BCUT2D eigenvalue weighted by molar-refractivity contribution is 0.297. The summed E-state index contributed by atoms with van der Waals surface area (Å²) in [6.07, 6.45) is 0.884. The van der Waals surface area contributed by atoms with Gasteiger partial charge in [0.15, 0.2) is 11.5 Å². The maximum atomic E-state index is 11.2. The van der Waals surface area contributed by atoms with Gasteiger partial charge in [-0.2, -0.15) is 0 Å². The van der Waals surface area contributed by atoms with E-state index in [-0.39, 0.29) is 4.90 Å². The molecule has 0 amide bonds. The van der Waals surface area contributed by atoms with Crippen LogP contribution in [0.5, 0.6) is 17.2 Å². The van der Waals surface area contributed by atoms with Crippen LogP contribution in [0.4, 0.5) is 0 Å². The van der Waals surface area contributed by atoms with E-state index in [9.17, 15) is 8.42 Å². The van der Waals surface area contributed by atoms with Gasteiger partial charge in [0.25, 0.3) is 0 Å². The van der Waals surface area contributed by atoms with E-state index in [0.29, 0.717) is 25.6 Å². The van der Waals surface area contributed by atoms with E-state index in [1.807, 2.05) is 18.2 Å². The molecule has 2 aromatic rings. The molecule has 8 heteroatoms. The molecule has 6 nitrogen and oxygen atoms in total. The summed E-state index contributed by atoms with van der Waals surface area (Å²) in [5, 5.41) is 5.06. The van der Waals surface area contributed by atoms with Crippen molar-refractivity contribution in [3.63, 3.8) is 0 Å². The molecule has 0 bridgehead atoms. The molecule has 2 N–H and O–H groups in total. The highest BCUT2D eigenvalue weighted by atomic mass is 32.2. The fourth-order valence-electron chi connectivity index (χ4n) is 2.28. The Bertz CT molecular complexity index is 821. The van der Waals surface area contributed by atoms with Gasteiger partial charge in [-0.05, 0) is 42.5 Å². The molecule has 0 spiro atoms. The van der Waals surface area contributed by atoms with Gasteiger partial charge in [0.1, 0.15) is 5.75 Å². The monoisotopic (exact) mass is 381 g/mol. The third-order valence-corrected chi connectivity index (χ3v) is 5.38. The molecular weight excluding hydrogens is 362 g/mol. The van der Waals surface area contributed by atoms with Gasteiger partial charge in [-0.25, -0.2) is 13.6 Å². The molecule has 0 saturated heterocycles. The Labute approximate surface area is 151 Å². The quantitative estimate of drug-likeness (QED) is 0.611. The van der Waals surface area contributed by atoms with Crippen molar-refractivity contribution in [3.05, 3.63) is 42.5 Å². The van der Waals surface area contributed by atoms with Crippen LogP contribution in [-0.4, -0.2) is 34.0 Å². The van der Waals surface area contributed by atoms with Crippen LogP contribution >= 0.6 is 11.8 Å². The topological polar surface area (TPSA) is 87.9 Å². The average Bonchev–Trinajstić information content (AvgIpc) is 2.83. The smallest absolute Gasteiger partial charge is 0.238 e. The van der Waals surface area contributed by atoms with Gasteiger partial charge in [-0.15, -0.1) is 11.8 Å². The number of ether oxygens (including phenoxy) is 3. The number of nitrogens with two attached hydrogens (primary N) is 1. The lowest BCUT2D eigenvalue weighted by Gasteiger charge is -2.10. The SMILES string of the molecule is NS(=O)(=O)c1ccc(OCCSc2ccc3c(c2)OCCCO3)cc1. The van der Waals surface area contributed by atoms with Crippen LogP contribution in [0, 0.1) is 0 Å². The molecule has 0 saturated carbocycles. The number of primary sulfonamides is 1. The predicted molar refractivity (Wildman–Crippen MR) is 96.1 cm³/mol. The maximum absolute atomic E-state index is 11.2. The summed E-state index contributed by atoms with van der Waals surface area (Å²) in [6, 6.07) is 12.0. The number of fused-ring (bicyclic) bond motifs is 1. The number of hydrogen-bond acceptors (Lipinski definition) is 6. The van der Waals surface area contributed by atoms with Crippen LogP contribution in [0.2, 0.25) is 0 Å². The molecular formula is C17H19NO5S2. The van der Waals surface area contributed by atoms with Gasteiger partial charge >= 0.3 is 0 Å². The molecule has 3 rings (SSSR count). The zero-order chi connectivity index (χ0) is 17.7. The van der Waals surface area contributed by atoms with Crippen molar-refractivity contribution in [3.8, 4) is 17.2 Å². The third kappa shape index (κ3) is 5.04. The molecule has 1 heterocycles. The third-order valence-electron chi connectivity index (χ3n) is 3.49. The molecule has 25 heavy (non-hydrogen) atoms. The Morgan fingerprint density at radius 2 is 1.76 bits per heavy atom. The minimum atomic E-state index is -3.67. The molecule has 2 aromatic carbocycles. The van der Waals surface area contributed by atoms with Crippen LogP contribution in [0.25, 0.3) is 0 Å². The minimum Gasteiger partial charge on any atom is -0.493 e. The average molecular weight is 381 g/mol. The molecule has 1 aliphatic rings. The first-order valence-corrected chi connectivity index (χ1v) is 10.3. The highest BCUT2D eigenvalue weighted by Gasteiger charge is 2.11. The first-order chi connectivity index (χ1) is 12.0. The number of thioether (sulfide) groups is 1. The summed E-state index contributed by atoms with van der Waals surface area (Å²) in [5.41, 5.74) is 0. The largest absolute Gasteiger partial charge is 0.493 e. The Hall–Kier alpha value is -1.90. The fraction of sp³-hybridized carbons (Fsp3) is 0.294. The van der Waals surface area contributed by atoms with Crippen LogP contribution in [0.3, 0.4) is 0 Å². The molecule has 0 atom stereocenters. The summed E-state index contributed by atoms with van der Waals surface area (Å²) in [5.74, 6) is 2.91. The Balaban J connectivity index is 1.49. The highest BCUT2D eigenvalue weighted by Crippen LogP contribution is 2.33. The standard InChI is InChI=1S/C17H19NO5S2/c18-25(19,20)15-5-2-13(3-6-15)21-10-11-24-14-4-7-16-17(12-14)23-9-1-8-22-16/h2-7,12H,1,8-11H2,(H2,18,19,20). The normalized spacial score (nSPS) is 14.0. The number of rotatable bonds is 6. The van der Waals surface area contributed by atoms with E-state index in [4.69, 9.17) is 19.3 Å². The molecule has 1 aliphatic heterocycles. The predicted octanol–water partition coefficient (Wildman–Crippen LogP) is 2.67. The molecule has 0 unspecified atom stereocenters. The van der Waals surface area contributed by atoms with Gasteiger partial charge in [-0.1, -0.05) is 0 Å². The Morgan fingerprint density at radius 1 is 1.04 bits per heavy atom. The van der Waals surface area contributed by atoms with Crippen LogP contribution in [0.1, 0.15) is 6.42 Å². The van der Waals surface area contributed by atoms with Crippen LogP contribution in [0.15, 0.2) is 52.3 Å². The van der Waals surface area contributed by atoms with Crippen molar-refractivity contribution >= 4 is 21.8 Å². The van der Waals surface area contributed by atoms with Crippen molar-refractivity contribution in [2.24, 2.45) is 5.14 Å². The van der Waals surface area contributed by atoms with Crippen molar-refractivity contribution in [1.29, 1.82) is 0 Å². The Kier molecular flexibility index (Phi) is 5.72. The zero-order valence-corrected chi connectivity index (χ0v) is 15.1. The van der Waals surface area contributed by atoms with Crippen molar-refractivity contribution in [2.75, 3.05) is 25.6 Å². The second-order valence-corrected chi connectivity index (χ2v) is 8.10. The summed E-state index contributed by atoms with van der Waals surface area (Å²) in [7, 11) is -3.67. The van der Waals surface area contributed by atoms with E-state index in [1.165, 1.54) is 12.1 Å². The number of hydrogen-bond donors (Lipinski definition) is 1. The Morgan fingerprint density at radius 3 is 2.48 bits per heavy atom. The lowest BCUT2D eigenvalue weighted by Crippen LogP contribution is -2.11. The summed E-state index contributed by atoms with van der Waals surface area (Å²) in [4.78, 5) is 1.15. The molecule has 134 valence electrons.